The molecule has 1 amide bonds. The van der Waals surface area contributed by atoms with Crippen molar-refractivity contribution in [2.75, 3.05) is 19.0 Å². The summed E-state index contributed by atoms with van der Waals surface area (Å²) < 4.78 is 10.5. The van der Waals surface area contributed by atoms with Gasteiger partial charge in [-0.25, -0.2) is 0 Å². The highest BCUT2D eigenvalue weighted by molar-refractivity contribution is 5.92. The van der Waals surface area contributed by atoms with Crippen LogP contribution in [-0.4, -0.2) is 24.5 Å². The molecule has 0 atom stereocenters. The summed E-state index contributed by atoms with van der Waals surface area (Å²) in [6.07, 6.45) is 0. The minimum Gasteiger partial charge on any atom is -0.493 e. The maximum absolute atomic E-state index is 12.0. The van der Waals surface area contributed by atoms with E-state index in [4.69, 9.17) is 14.7 Å². The highest BCUT2D eigenvalue weighted by Crippen LogP contribution is 2.28. The van der Waals surface area contributed by atoms with Crippen LogP contribution in [0, 0.1) is 28.4 Å². The first-order valence-corrected chi connectivity index (χ1v) is 7.20. The minimum atomic E-state index is -0.511. The summed E-state index contributed by atoms with van der Waals surface area (Å²) in [5.74, 6) is 0.161. The van der Waals surface area contributed by atoms with Gasteiger partial charge in [-0.2, -0.15) is 5.26 Å². The SMILES string of the molecule is COc1cc(C#N)ccc1OCC(=O)Nc1ccc(C)c([N+](=O)[O-])c1. The lowest BCUT2D eigenvalue weighted by molar-refractivity contribution is -0.385. The molecule has 0 aliphatic carbocycles. The summed E-state index contributed by atoms with van der Waals surface area (Å²) >= 11 is 0. The summed E-state index contributed by atoms with van der Waals surface area (Å²) in [4.78, 5) is 22.4. The van der Waals surface area contributed by atoms with Crippen LogP contribution in [0.3, 0.4) is 0 Å². The Labute approximate surface area is 143 Å². The van der Waals surface area contributed by atoms with E-state index >= 15 is 0 Å². The van der Waals surface area contributed by atoms with Gasteiger partial charge in [0.05, 0.1) is 23.7 Å². The molecule has 0 spiro atoms. The molecule has 0 fully saturated rings. The van der Waals surface area contributed by atoms with E-state index in [9.17, 15) is 14.9 Å². The second-order valence-corrected chi connectivity index (χ2v) is 5.07. The van der Waals surface area contributed by atoms with Gasteiger partial charge in [-0.3, -0.25) is 14.9 Å². The molecule has 128 valence electrons. The molecule has 2 rings (SSSR count). The molecule has 0 saturated carbocycles. The van der Waals surface area contributed by atoms with E-state index in [1.807, 2.05) is 6.07 Å². The number of carbonyl (C=O) groups is 1. The van der Waals surface area contributed by atoms with E-state index in [1.54, 1.807) is 25.1 Å². The van der Waals surface area contributed by atoms with Crippen LogP contribution in [0.4, 0.5) is 11.4 Å². The second-order valence-electron chi connectivity index (χ2n) is 5.07. The molecule has 0 saturated heterocycles. The van der Waals surface area contributed by atoms with Crippen LogP contribution in [-0.2, 0) is 4.79 Å². The van der Waals surface area contributed by atoms with Crippen LogP contribution in [0.25, 0.3) is 0 Å². The minimum absolute atomic E-state index is 0.0764. The smallest absolute Gasteiger partial charge is 0.274 e. The van der Waals surface area contributed by atoms with Crippen LogP contribution >= 0.6 is 0 Å². The van der Waals surface area contributed by atoms with Crippen LogP contribution in [0.1, 0.15) is 11.1 Å². The first-order chi connectivity index (χ1) is 11.9. The molecule has 2 aromatic carbocycles. The first kappa shape index (κ1) is 17.7. The van der Waals surface area contributed by atoms with Crippen molar-refractivity contribution in [1.29, 1.82) is 5.26 Å². The number of nitro benzene ring substituents is 1. The lowest BCUT2D eigenvalue weighted by Gasteiger charge is -2.11. The van der Waals surface area contributed by atoms with Crippen molar-refractivity contribution in [2.45, 2.75) is 6.92 Å². The summed E-state index contributed by atoms with van der Waals surface area (Å²) in [7, 11) is 1.43. The number of hydrogen-bond donors (Lipinski definition) is 1. The number of hydrogen-bond acceptors (Lipinski definition) is 6. The molecule has 25 heavy (non-hydrogen) atoms. The third-order valence-electron chi connectivity index (χ3n) is 3.34. The molecule has 0 aliphatic heterocycles. The van der Waals surface area contributed by atoms with Gasteiger partial charge in [-0.1, -0.05) is 6.07 Å². The normalized spacial score (nSPS) is 9.80. The average molecular weight is 341 g/mol. The summed E-state index contributed by atoms with van der Waals surface area (Å²) in [5, 5.41) is 22.3. The Morgan fingerprint density at radius 1 is 1.28 bits per heavy atom. The molecule has 2 aromatic rings. The number of ether oxygens (including phenoxy) is 2. The fourth-order valence-corrected chi connectivity index (χ4v) is 2.08. The van der Waals surface area contributed by atoms with Gasteiger partial charge in [0.1, 0.15) is 0 Å². The van der Waals surface area contributed by atoms with Crippen molar-refractivity contribution in [3.05, 3.63) is 57.6 Å². The van der Waals surface area contributed by atoms with Crippen molar-refractivity contribution >= 4 is 17.3 Å². The molecule has 0 aromatic heterocycles. The number of anilines is 1. The Morgan fingerprint density at radius 2 is 2.04 bits per heavy atom. The quantitative estimate of drug-likeness (QED) is 0.638. The molecule has 1 N–H and O–H groups in total. The number of amides is 1. The number of nitro groups is 1. The van der Waals surface area contributed by atoms with Gasteiger partial charge in [0.25, 0.3) is 11.6 Å². The molecular weight excluding hydrogens is 326 g/mol. The number of aryl methyl sites for hydroxylation is 1. The van der Waals surface area contributed by atoms with Crippen molar-refractivity contribution in [2.24, 2.45) is 0 Å². The monoisotopic (exact) mass is 341 g/mol. The predicted octanol–water partition coefficient (Wildman–Crippen LogP) is 2.80. The van der Waals surface area contributed by atoms with E-state index in [0.29, 0.717) is 28.3 Å². The summed E-state index contributed by atoms with van der Waals surface area (Å²) in [6, 6.07) is 11.0. The Balaban J connectivity index is 2.03. The van der Waals surface area contributed by atoms with Crippen LogP contribution in [0.15, 0.2) is 36.4 Å². The number of nitrogens with one attached hydrogen (secondary N) is 1. The number of benzene rings is 2. The third-order valence-corrected chi connectivity index (χ3v) is 3.34. The Bertz CT molecular complexity index is 858. The summed E-state index contributed by atoms with van der Waals surface area (Å²) in [6.45, 7) is 1.30. The maximum atomic E-state index is 12.0. The molecule has 0 unspecified atom stereocenters. The van der Waals surface area contributed by atoms with Crippen molar-refractivity contribution in [3.63, 3.8) is 0 Å². The first-order valence-electron chi connectivity index (χ1n) is 7.20. The van der Waals surface area contributed by atoms with Crippen LogP contribution in [0.5, 0.6) is 11.5 Å². The van der Waals surface area contributed by atoms with Gasteiger partial charge in [-0.05, 0) is 25.1 Å². The van der Waals surface area contributed by atoms with Gasteiger partial charge >= 0.3 is 0 Å². The maximum Gasteiger partial charge on any atom is 0.274 e. The van der Waals surface area contributed by atoms with Gasteiger partial charge in [-0.15, -0.1) is 0 Å². The molecule has 0 radical (unpaired) electrons. The van der Waals surface area contributed by atoms with Crippen LogP contribution in [0.2, 0.25) is 0 Å². The topological polar surface area (TPSA) is 114 Å². The number of nitriles is 1. The van der Waals surface area contributed by atoms with E-state index < -0.39 is 10.8 Å². The van der Waals surface area contributed by atoms with Gasteiger partial charge in [0.15, 0.2) is 18.1 Å². The zero-order chi connectivity index (χ0) is 18.4. The zero-order valence-corrected chi connectivity index (χ0v) is 13.6. The van der Waals surface area contributed by atoms with Gasteiger partial charge < -0.3 is 14.8 Å². The predicted molar refractivity (Wildman–Crippen MR) is 89.7 cm³/mol. The standard InChI is InChI=1S/C17H15N3O5/c1-11-3-5-13(8-14(11)20(22)23)19-17(21)10-25-15-6-4-12(9-18)7-16(15)24-2/h3-8H,10H2,1-2H3,(H,19,21). The number of methoxy groups -OCH3 is 1. The van der Waals surface area contributed by atoms with Crippen molar-refractivity contribution in [3.8, 4) is 17.6 Å². The fraction of sp³-hybridized carbons (Fsp3) is 0.176. The number of nitrogens with zero attached hydrogens (tertiary/aromatic N) is 2. The zero-order valence-electron chi connectivity index (χ0n) is 13.6. The van der Waals surface area contributed by atoms with E-state index in [0.717, 1.165) is 0 Å². The lowest BCUT2D eigenvalue weighted by Crippen LogP contribution is -2.20. The lowest BCUT2D eigenvalue weighted by atomic mass is 10.2. The third kappa shape index (κ3) is 4.45. The largest absolute Gasteiger partial charge is 0.493 e. The van der Waals surface area contributed by atoms with Crippen molar-refractivity contribution < 1.29 is 19.2 Å². The Morgan fingerprint density at radius 3 is 2.68 bits per heavy atom. The Kier molecular flexibility index (Phi) is 5.53. The molecule has 0 heterocycles. The van der Waals surface area contributed by atoms with Gasteiger partial charge in [0.2, 0.25) is 0 Å². The fourth-order valence-electron chi connectivity index (χ4n) is 2.08. The molecular formula is C17H15N3O5. The second kappa shape index (κ2) is 7.79. The van der Waals surface area contributed by atoms with Crippen LogP contribution < -0.4 is 14.8 Å². The molecule has 8 heteroatoms. The van der Waals surface area contributed by atoms with Crippen molar-refractivity contribution in [1.82, 2.24) is 0 Å². The van der Waals surface area contributed by atoms with E-state index in [1.165, 1.54) is 25.3 Å². The number of rotatable bonds is 6. The molecule has 0 bridgehead atoms. The highest BCUT2D eigenvalue weighted by atomic mass is 16.6. The van der Waals surface area contributed by atoms with E-state index in [-0.39, 0.29) is 12.3 Å². The van der Waals surface area contributed by atoms with Gasteiger partial charge in [0, 0.05) is 23.4 Å². The molecule has 8 nitrogen and oxygen atoms in total. The number of carbonyl (C=O) groups excluding carboxylic acids is 1. The average Bonchev–Trinajstić information content (AvgIpc) is 2.61. The highest BCUT2D eigenvalue weighted by Gasteiger charge is 2.13. The summed E-state index contributed by atoms with van der Waals surface area (Å²) in [5.41, 5.74) is 1.13. The van der Waals surface area contributed by atoms with E-state index in [2.05, 4.69) is 5.32 Å². The molecule has 0 aliphatic rings. The Hall–Kier alpha value is -3.60.